The van der Waals surface area contributed by atoms with Gasteiger partial charge in [0.05, 0.1) is 12.1 Å². The summed E-state index contributed by atoms with van der Waals surface area (Å²) in [6, 6.07) is 5.20. The third kappa shape index (κ3) is 5.36. The van der Waals surface area contributed by atoms with Crippen molar-refractivity contribution in [2.45, 2.75) is 25.9 Å². The first-order chi connectivity index (χ1) is 9.34. The van der Waals surface area contributed by atoms with Gasteiger partial charge in [-0.25, -0.2) is 4.39 Å². The Kier molecular flexibility index (Phi) is 5.64. The first-order valence-electron chi connectivity index (χ1n) is 6.37. The summed E-state index contributed by atoms with van der Waals surface area (Å²) in [4.78, 5) is 23.1. The van der Waals surface area contributed by atoms with Crippen LogP contribution in [0.2, 0.25) is 0 Å². The normalized spacial score (nSPS) is 13.4. The first-order valence-corrected chi connectivity index (χ1v) is 6.37. The topological polar surface area (TPSA) is 78.4 Å². The van der Waals surface area contributed by atoms with Gasteiger partial charge in [-0.2, -0.15) is 0 Å². The lowest BCUT2D eigenvalue weighted by atomic mass is 10.0. The van der Waals surface area contributed by atoms with Crippen LogP contribution < -0.4 is 10.6 Å². The Hall–Kier alpha value is -1.95. The minimum Gasteiger partial charge on any atom is -0.388 e. The van der Waals surface area contributed by atoms with Gasteiger partial charge < -0.3 is 15.7 Å². The van der Waals surface area contributed by atoms with Gasteiger partial charge in [0.1, 0.15) is 5.82 Å². The van der Waals surface area contributed by atoms with Gasteiger partial charge in [-0.1, -0.05) is 13.0 Å². The summed E-state index contributed by atoms with van der Waals surface area (Å²) >= 11 is 0. The molecule has 0 spiro atoms. The number of nitrogens with one attached hydrogen (secondary N) is 2. The lowest BCUT2D eigenvalue weighted by Gasteiger charge is -2.21. The average molecular weight is 282 g/mol. The van der Waals surface area contributed by atoms with Crippen LogP contribution in [0.15, 0.2) is 24.3 Å². The molecule has 1 aromatic rings. The van der Waals surface area contributed by atoms with E-state index in [0.29, 0.717) is 6.42 Å². The Balaban J connectivity index is 2.40. The summed E-state index contributed by atoms with van der Waals surface area (Å²) in [5.74, 6) is -1.45. The predicted octanol–water partition coefficient (Wildman–Crippen LogP) is 0.833. The van der Waals surface area contributed by atoms with Crippen LogP contribution in [0.1, 0.15) is 30.6 Å². The fourth-order valence-corrected chi connectivity index (χ4v) is 1.37. The van der Waals surface area contributed by atoms with Crippen LogP contribution in [-0.4, -0.2) is 35.6 Å². The second-order valence-electron chi connectivity index (χ2n) is 4.82. The number of rotatable bonds is 6. The molecule has 0 bridgehead atoms. The number of amides is 2. The summed E-state index contributed by atoms with van der Waals surface area (Å²) in [7, 11) is 0. The second-order valence-corrected chi connectivity index (χ2v) is 4.82. The molecule has 110 valence electrons. The molecule has 2 amide bonds. The molecule has 1 atom stereocenters. The van der Waals surface area contributed by atoms with E-state index in [-0.39, 0.29) is 18.7 Å². The molecule has 5 nitrogen and oxygen atoms in total. The van der Waals surface area contributed by atoms with E-state index in [9.17, 15) is 19.1 Å². The van der Waals surface area contributed by atoms with E-state index in [2.05, 4.69) is 10.6 Å². The molecule has 0 fully saturated rings. The number of benzene rings is 1. The van der Waals surface area contributed by atoms with Crippen molar-refractivity contribution in [3.63, 3.8) is 0 Å². The van der Waals surface area contributed by atoms with Gasteiger partial charge in [0.25, 0.3) is 5.91 Å². The number of aliphatic hydroxyl groups is 1. The highest BCUT2D eigenvalue weighted by Crippen LogP contribution is 2.05. The van der Waals surface area contributed by atoms with E-state index >= 15 is 0 Å². The van der Waals surface area contributed by atoms with Crippen LogP contribution in [0.5, 0.6) is 0 Å². The van der Waals surface area contributed by atoms with Crippen LogP contribution >= 0.6 is 0 Å². The molecular formula is C14H19FN2O3. The maximum absolute atomic E-state index is 12.9. The van der Waals surface area contributed by atoms with E-state index < -0.39 is 23.2 Å². The highest BCUT2D eigenvalue weighted by atomic mass is 19.1. The number of halogens is 1. The zero-order valence-electron chi connectivity index (χ0n) is 11.6. The molecule has 1 unspecified atom stereocenters. The van der Waals surface area contributed by atoms with E-state index in [1.807, 2.05) is 0 Å². The van der Waals surface area contributed by atoms with E-state index in [1.165, 1.54) is 18.2 Å². The number of carbonyl (C=O) groups excluding carboxylic acids is 2. The number of carbonyl (C=O) groups is 2. The van der Waals surface area contributed by atoms with E-state index in [0.717, 1.165) is 6.07 Å². The number of hydrogen-bond acceptors (Lipinski definition) is 3. The van der Waals surface area contributed by atoms with E-state index in [1.54, 1.807) is 13.8 Å². The van der Waals surface area contributed by atoms with Gasteiger partial charge in [-0.3, -0.25) is 9.59 Å². The van der Waals surface area contributed by atoms with Gasteiger partial charge in [0, 0.05) is 12.1 Å². The largest absolute Gasteiger partial charge is 0.388 e. The average Bonchev–Trinajstić information content (AvgIpc) is 2.42. The highest BCUT2D eigenvalue weighted by molar-refractivity contribution is 5.96. The highest BCUT2D eigenvalue weighted by Gasteiger charge is 2.18. The molecule has 1 rings (SSSR count). The molecule has 0 heterocycles. The molecule has 0 aliphatic heterocycles. The third-order valence-electron chi connectivity index (χ3n) is 2.92. The Morgan fingerprint density at radius 1 is 1.35 bits per heavy atom. The Morgan fingerprint density at radius 3 is 2.65 bits per heavy atom. The second kappa shape index (κ2) is 7.00. The zero-order valence-corrected chi connectivity index (χ0v) is 11.6. The van der Waals surface area contributed by atoms with Crippen molar-refractivity contribution in [1.82, 2.24) is 10.6 Å². The molecule has 0 aliphatic carbocycles. The van der Waals surface area contributed by atoms with Crippen molar-refractivity contribution in [3.05, 3.63) is 35.6 Å². The molecule has 0 aromatic heterocycles. The first kappa shape index (κ1) is 16.1. The molecular weight excluding hydrogens is 263 g/mol. The lowest BCUT2D eigenvalue weighted by molar-refractivity contribution is -0.121. The van der Waals surface area contributed by atoms with Crippen LogP contribution in [0, 0.1) is 5.82 Å². The summed E-state index contributed by atoms with van der Waals surface area (Å²) < 4.78 is 12.9. The van der Waals surface area contributed by atoms with E-state index in [4.69, 9.17) is 0 Å². The lowest BCUT2D eigenvalue weighted by Crippen LogP contribution is -2.44. The standard InChI is InChI=1S/C14H19FN2O3/c1-3-14(2,20)9-17-12(18)8-16-13(19)10-5-4-6-11(15)7-10/h4-7,20H,3,8-9H2,1-2H3,(H,16,19)(H,17,18). The van der Waals surface area contributed by atoms with Crippen molar-refractivity contribution in [2.75, 3.05) is 13.1 Å². The van der Waals surface area contributed by atoms with Crippen molar-refractivity contribution in [2.24, 2.45) is 0 Å². The molecule has 0 saturated carbocycles. The van der Waals surface area contributed by atoms with Gasteiger partial charge in [-0.15, -0.1) is 0 Å². The fourth-order valence-electron chi connectivity index (χ4n) is 1.37. The molecule has 0 radical (unpaired) electrons. The van der Waals surface area contributed by atoms with Gasteiger partial charge in [-0.05, 0) is 31.5 Å². The van der Waals surface area contributed by atoms with Crippen LogP contribution in [0.3, 0.4) is 0 Å². The van der Waals surface area contributed by atoms with Crippen molar-refractivity contribution >= 4 is 11.8 Å². The smallest absolute Gasteiger partial charge is 0.251 e. The SMILES string of the molecule is CCC(C)(O)CNC(=O)CNC(=O)c1cccc(F)c1. The summed E-state index contributed by atoms with van der Waals surface area (Å²) in [5, 5.41) is 14.6. The third-order valence-corrected chi connectivity index (χ3v) is 2.92. The van der Waals surface area contributed by atoms with Crippen LogP contribution in [0.25, 0.3) is 0 Å². The van der Waals surface area contributed by atoms with Crippen molar-refractivity contribution in [1.29, 1.82) is 0 Å². The minimum atomic E-state index is -0.970. The fraction of sp³-hybridized carbons (Fsp3) is 0.429. The maximum atomic E-state index is 12.9. The predicted molar refractivity (Wildman–Crippen MR) is 72.7 cm³/mol. The molecule has 6 heteroatoms. The molecule has 3 N–H and O–H groups in total. The minimum absolute atomic E-state index is 0.109. The van der Waals surface area contributed by atoms with Crippen LogP contribution in [0.4, 0.5) is 4.39 Å². The number of hydrogen-bond donors (Lipinski definition) is 3. The molecule has 0 saturated heterocycles. The Morgan fingerprint density at radius 2 is 2.05 bits per heavy atom. The maximum Gasteiger partial charge on any atom is 0.251 e. The summed E-state index contributed by atoms with van der Waals surface area (Å²) in [6.07, 6.45) is 0.503. The molecule has 0 aliphatic rings. The van der Waals surface area contributed by atoms with Crippen LogP contribution in [-0.2, 0) is 4.79 Å². The molecule has 1 aromatic carbocycles. The summed E-state index contributed by atoms with van der Waals surface area (Å²) in [5.41, 5.74) is -0.819. The molecule has 20 heavy (non-hydrogen) atoms. The quantitative estimate of drug-likeness (QED) is 0.723. The van der Waals surface area contributed by atoms with Gasteiger partial charge in [0.2, 0.25) is 5.91 Å². The van der Waals surface area contributed by atoms with Gasteiger partial charge >= 0.3 is 0 Å². The van der Waals surface area contributed by atoms with Crippen molar-refractivity contribution in [3.8, 4) is 0 Å². The monoisotopic (exact) mass is 282 g/mol. The Labute approximate surface area is 117 Å². The zero-order chi connectivity index (χ0) is 15.2. The van der Waals surface area contributed by atoms with Gasteiger partial charge in [0.15, 0.2) is 0 Å². The van der Waals surface area contributed by atoms with Crippen molar-refractivity contribution < 1.29 is 19.1 Å². The Bertz CT molecular complexity index is 489. The summed E-state index contributed by atoms with van der Waals surface area (Å²) in [6.45, 7) is 3.30.